The first kappa shape index (κ1) is 15.7. The zero-order chi connectivity index (χ0) is 18.4. The number of nitrogens with zero attached hydrogens (tertiary/aromatic N) is 4. The second-order valence-electron chi connectivity index (χ2n) is 6.79. The number of carbonyl (C=O) groups excluding carboxylic acids is 1. The van der Waals surface area contributed by atoms with Crippen molar-refractivity contribution in [2.75, 3.05) is 5.32 Å². The number of benzene rings is 1. The fraction of sp³-hybridized carbons (Fsp3) is 0.200. The van der Waals surface area contributed by atoms with Gasteiger partial charge in [-0.1, -0.05) is 18.2 Å². The summed E-state index contributed by atoms with van der Waals surface area (Å²) in [4.78, 5) is 30.0. The first-order valence-corrected chi connectivity index (χ1v) is 8.93. The Hall–Kier alpha value is -3.48. The molecule has 1 aromatic carbocycles. The third-order valence-corrected chi connectivity index (χ3v) is 4.80. The molecule has 0 radical (unpaired) electrons. The van der Waals surface area contributed by atoms with E-state index in [1.165, 1.54) is 4.57 Å². The number of hydrogen-bond donors (Lipinski definition) is 1. The average molecular weight is 359 g/mol. The Bertz CT molecular complexity index is 1220. The highest BCUT2D eigenvalue weighted by molar-refractivity contribution is 5.91. The summed E-state index contributed by atoms with van der Waals surface area (Å²) in [5, 5.41) is 7.41. The number of amides is 1. The summed E-state index contributed by atoms with van der Waals surface area (Å²) in [5.41, 5.74) is 2.99. The van der Waals surface area contributed by atoms with Crippen molar-refractivity contribution in [3.63, 3.8) is 0 Å². The monoisotopic (exact) mass is 359 g/mol. The minimum Gasteiger partial charge on any atom is -0.325 e. The number of carbonyl (C=O) groups is 1. The van der Waals surface area contributed by atoms with Gasteiger partial charge in [0.1, 0.15) is 12.1 Å². The molecule has 0 aliphatic heterocycles. The summed E-state index contributed by atoms with van der Waals surface area (Å²) in [7, 11) is 0. The fourth-order valence-corrected chi connectivity index (χ4v) is 3.32. The van der Waals surface area contributed by atoms with Gasteiger partial charge in [0.25, 0.3) is 5.56 Å². The fourth-order valence-electron chi connectivity index (χ4n) is 3.32. The summed E-state index contributed by atoms with van der Waals surface area (Å²) in [6, 6.07) is 14.6. The van der Waals surface area contributed by atoms with Crippen molar-refractivity contribution in [2.24, 2.45) is 0 Å². The van der Waals surface area contributed by atoms with Gasteiger partial charge in [0.2, 0.25) is 5.91 Å². The Morgan fingerprint density at radius 1 is 1.11 bits per heavy atom. The molecule has 7 nitrogen and oxygen atoms in total. The topological polar surface area (TPSA) is 81.3 Å². The van der Waals surface area contributed by atoms with Crippen molar-refractivity contribution >= 4 is 28.3 Å². The lowest BCUT2D eigenvalue weighted by Gasteiger charge is -2.11. The quantitative estimate of drug-likeness (QED) is 0.607. The number of rotatable bonds is 4. The zero-order valence-electron chi connectivity index (χ0n) is 14.5. The van der Waals surface area contributed by atoms with Crippen LogP contribution in [-0.4, -0.2) is 25.1 Å². The molecule has 0 saturated heterocycles. The Balaban J connectivity index is 1.61. The van der Waals surface area contributed by atoms with Crippen LogP contribution in [0.2, 0.25) is 0 Å². The highest BCUT2D eigenvalue weighted by atomic mass is 16.2. The van der Waals surface area contributed by atoms with Crippen LogP contribution in [0.15, 0.2) is 59.5 Å². The molecule has 3 aromatic heterocycles. The van der Waals surface area contributed by atoms with E-state index < -0.39 is 0 Å². The molecule has 1 amide bonds. The number of hydrogen-bond acceptors (Lipinski definition) is 4. The van der Waals surface area contributed by atoms with E-state index in [0.29, 0.717) is 28.3 Å². The maximum absolute atomic E-state index is 13.1. The first-order chi connectivity index (χ1) is 13.2. The predicted octanol–water partition coefficient (Wildman–Crippen LogP) is 2.56. The van der Waals surface area contributed by atoms with Crippen LogP contribution in [0.5, 0.6) is 0 Å². The van der Waals surface area contributed by atoms with E-state index in [-0.39, 0.29) is 18.0 Å². The van der Waals surface area contributed by atoms with Crippen molar-refractivity contribution in [3.8, 4) is 0 Å². The molecule has 0 atom stereocenters. The highest BCUT2D eigenvalue weighted by Gasteiger charge is 2.27. The second-order valence-corrected chi connectivity index (χ2v) is 6.79. The molecule has 7 heteroatoms. The van der Waals surface area contributed by atoms with Gasteiger partial charge < -0.3 is 5.32 Å². The number of aromatic nitrogens is 4. The summed E-state index contributed by atoms with van der Waals surface area (Å²) in [5.74, 6) is 0.164. The Kier molecular flexibility index (Phi) is 3.53. The maximum atomic E-state index is 13.1. The highest BCUT2D eigenvalue weighted by Crippen LogP contribution is 2.39. The van der Waals surface area contributed by atoms with Gasteiger partial charge in [-0.3, -0.25) is 14.2 Å². The van der Waals surface area contributed by atoms with Crippen LogP contribution in [0.1, 0.15) is 24.5 Å². The largest absolute Gasteiger partial charge is 0.325 e. The number of para-hydroxylation sites is 1. The van der Waals surface area contributed by atoms with Gasteiger partial charge in [-0.2, -0.15) is 5.10 Å². The molecule has 0 spiro atoms. The van der Waals surface area contributed by atoms with E-state index in [9.17, 15) is 9.59 Å². The van der Waals surface area contributed by atoms with E-state index in [0.717, 1.165) is 18.5 Å². The van der Waals surface area contributed by atoms with Crippen LogP contribution < -0.4 is 10.9 Å². The molecule has 5 rings (SSSR count). The molecule has 0 unspecified atom stereocenters. The molecular formula is C20H17N5O2. The number of nitrogens with one attached hydrogen (secondary N) is 1. The van der Waals surface area contributed by atoms with Gasteiger partial charge in [0.15, 0.2) is 5.65 Å². The molecule has 1 aliphatic carbocycles. The Morgan fingerprint density at radius 3 is 2.70 bits per heavy atom. The van der Waals surface area contributed by atoms with E-state index in [1.54, 1.807) is 22.8 Å². The van der Waals surface area contributed by atoms with Crippen molar-refractivity contribution in [2.45, 2.75) is 25.3 Å². The molecule has 3 heterocycles. The molecule has 134 valence electrons. The van der Waals surface area contributed by atoms with E-state index >= 15 is 0 Å². The first-order valence-electron chi connectivity index (χ1n) is 8.93. The average Bonchev–Trinajstić information content (AvgIpc) is 3.44. The zero-order valence-corrected chi connectivity index (χ0v) is 14.5. The van der Waals surface area contributed by atoms with Gasteiger partial charge in [0.05, 0.1) is 11.2 Å². The summed E-state index contributed by atoms with van der Waals surface area (Å²) >= 11 is 0. The predicted molar refractivity (Wildman–Crippen MR) is 102 cm³/mol. The van der Waals surface area contributed by atoms with Crippen LogP contribution >= 0.6 is 0 Å². The lowest BCUT2D eigenvalue weighted by atomic mass is 10.3. The molecular weight excluding hydrogens is 342 g/mol. The van der Waals surface area contributed by atoms with Crippen LogP contribution in [0.4, 0.5) is 5.69 Å². The van der Waals surface area contributed by atoms with Gasteiger partial charge >= 0.3 is 0 Å². The van der Waals surface area contributed by atoms with Crippen LogP contribution in [0, 0.1) is 0 Å². The minimum atomic E-state index is -0.264. The Labute approximate surface area is 154 Å². The normalized spacial score (nSPS) is 13.9. The van der Waals surface area contributed by atoms with E-state index in [1.807, 2.05) is 36.4 Å². The van der Waals surface area contributed by atoms with Crippen molar-refractivity contribution < 1.29 is 4.79 Å². The standard InChI is InChI=1S/C20H17N5O2/c26-18(22-14-5-2-1-3-6-14)12-24-16-7-4-10-21-19(16)25-17(20(24)27)11-15(23-25)13-8-9-13/h1-7,10-11,13H,8-9,12H2,(H,22,26). The van der Waals surface area contributed by atoms with Crippen molar-refractivity contribution in [3.05, 3.63) is 70.8 Å². The second kappa shape index (κ2) is 6.05. The van der Waals surface area contributed by atoms with Gasteiger partial charge in [0, 0.05) is 17.8 Å². The summed E-state index contributed by atoms with van der Waals surface area (Å²) in [6.45, 7) is -0.0869. The smallest absolute Gasteiger partial charge is 0.277 e. The van der Waals surface area contributed by atoms with Crippen LogP contribution in [0.25, 0.3) is 16.7 Å². The minimum absolute atomic E-state index is 0.0869. The number of pyridine rings is 1. The van der Waals surface area contributed by atoms with Gasteiger partial charge in [-0.15, -0.1) is 0 Å². The third-order valence-electron chi connectivity index (χ3n) is 4.80. The molecule has 1 saturated carbocycles. The van der Waals surface area contributed by atoms with Crippen LogP contribution in [-0.2, 0) is 11.3 Å². The maximum Gasteiger partial charge on any atom is 0.277 e. The molecule has 4 aromatic rings. The Morgan fingerprint density at radius 2 is 1.93 bits per heavy atom. The SMILES string of the molecule is O=C(Cn1c(=O)c2cc(C3CC3)nn2c2ncccc21)Nc1ccccc1. The molecule has 1 N–H and O–H groups in total. The lowest BCUT2D eigenvalue weighted by Crippen LogP contribution is -2.29. The molecule has 1 aliphatic rings. The number of fused-ring (bicyclic) bond motifs is 3. The van der Waals surface area contributed by atoms with Gasteiger partial charge in [-0.05, 0) is 43.2 Å². The molecule has 27 heavy (non-hydrogen) atoms. The van der Waals surface area contributed by atoms with Crippen LogP contribution in [0.3, 0.4) is 0 Å². The van der Waals surface area contributed by atoms with E-state index in [4.69, 9.17) is 0 Å². The van der Waals surface area contributed by atoms with Gasteiger partial charge in [-0.25, -0.2) is 9.50 Å². The lowest BCUT2D eigenvalue weighted by molar-refractivity contribution is -0.116. The molecule has 0 bridgehead atoms. The number of anilines is 1. The summed E-state index contributed by atoms with van der Waals surface area (Å²) < 4.78 is 3.07. The van der Waals surface area contributed by atoms with E-state index in [2.05, 4.69) is 15.4 Å². The van der Waals surface area contributed by atoms with Crippen molar-refractivity contribution in [1.82, 2.24) is 19.2 Å². The molecule has 1 fully saturated rings. The van der Waals surface area contributed by atoms with Crippen molar-refractivity contribution in [1.29, 1.82) is 0 Å². The summed E-state index contributed by atoms with van der Waals surface area (Å²) in [6.07, 6.45) is 3.87. The third kappa shape index (κ3) is 2.77.